The van der Waals surface area contributed by atoms with Crippen LogP contribution in [0.2, 0.25) is 0 Å². The van der Waals surface area contributed by atoms with Crippen LogP contribution in [0.15, 0.2) is 41.3 Å². The van der Waals surface area contributed by atoms with E-state index in [0.29, 0.717) is 12.1 Å². The van der Waals surface area contributed by atoms with E-state index < -0.39 is 62.8 Å². The van der Waals surface area contributed by atoms with E-state index in [1.54, 1.807) is 20.8 Å². The van der Waals surface area contributed by atoms with Crippen LogP contribution < -0.4 is 14.4 Å². The molecule has 0 unspecified atom stereocenters. The first-order valence-corrected chi connectivity index (χ1v) is 12.2. The lowest BCUT2D eigenvalue weighted by molar-refractivity contribution is -0.142. The predicted octanol–water partition coefficient (Wildman–Crippen LogP) is 4.71. The summed E-state index contributed by atoms with van der Waals surface area (Å²) in [6.45, 7) is 4.43. The van der Waals surface area contributed by atoms with E-state index >= 15 is 0 Å². The number of benzene rings is 2. The normalized spacial score (nSPS) is 15.9. The minimum atomic E-state index is -5.14. The first-order valence-electron chi connectivity index (χ1n) is 10.8. The number of fused-ring (bicyclic) bond motifs is 1. The Balaban J connectivity index is 2.07. The molecular weight excluding hydrogens is 524 g/mol. The number of rotatable bonds is 5. The van der Waals surface area contributed by atoms with E-state index in [9.17, 15) is 35.6 Å². The molecule has 1 heterocycles. The van der Waals surface area contributed by atoms with E-state index in [-0.39, 0.29) is 29.6 Å². The van der Waals surface area contributed by atoms with E-state index in [4.69, 9.17) is 9.47 Å². The van der Waals surface area contributed by atoms with Gasteiger partial charge in [0.2, 0.25) is 0 Å². The van der Waals surface area contributed by atoms with Crippen LogP contribution >= 0.6 is 0 Å². The Labute approximate surface area is 210 Å². The van der Waals surface area contributed by atoms with Crippen molar-refractivity contribution in [1.82, 2.24) is 0 Å². The fraction of sp³-hybridized carbons (Fsp3) is 0.391. The number of carbonyl (C=O) groups excluding carboxylic acids is 2. The molecule has 0 radical (unpaired) electrons. The fourth-order valence-electron chi connectivity index (χ4n) is 3.42. The molecule has 1 amide bonds. The average molecular weight is 549 g/mol. The number of ether oxygens (including phenoxy) is 3. The van der Waals surface area contributed by atoms with Gasteiger partial charge in [0.1, 0.15) is 23.3 Å². The SMILES string of the molecule is COC(=O)C[C@H]1CN(S(=O)(=O)c2ccc(F)c(C(F)(F)F)c2)c2cc(NC(=O)OC(C)(C)C)ccc2O1. The van der Waals surface area contributed by atoms with Crippen molar-refractivity contribution < 1.29 is 49.8 Å². The number of carbonyl (C=O) groups is 2. The summed E-state index contributed by atoms with van der Waals surface area (Å²) in [6, 6.07) is 5.22. The predicted molar refractivity (Wildman–Crippen MR) is 123 cm³/mol. The maximum absolute atomic E-state index is 13.8. The van der Waals surface area contributed by atoms with Crippen LogP contribution in [0.1, 0.15) is 32.8 Å². The lowest BCUT2D eigenvalue weighted by Gasteiger charge is -2.35. The highest BCUT2D eigenvalue weighted by Gasteiger charge is 2.39. The molecule has 3 rings (SSSR count). The molecular formula is C23H24F4N2O7S. The summed E-state index contributed by atoms with van der Waals surface area (Å²) in [5.41, 5.74) is -2.62. The zero-order valence-corrected chi connectivity index (χ0v) is 21.0. The summed E-state index contributed by atoms with van der Waals surface area (Å²) in [5.74, 6) is -2.38. The second-order valence-electron chi connectivity index (χ2n) is 9.01. The highest BCUT2D eigenvalue weighted by Crippen LogP contribution is 2.41. The summed E-state index contributed by atoms with van der Waals surface area (Å²) < 4.78 is 96.9. The van der Waals surface area contributed by atoms with Crippen LogP contribution in [-0.2, 0) is 30.5 Å². The van der Waals surface area contributed by atoms with Crippen molar-refractivity contribution in [2.24, 2.45) is 0 Å². The van der Waals surface area contributed by atoms with Gasteiger partial charge in [-0.25, -0.2) is 17.6 Å². The summed E-state index contributed by atoms with van der Waals surface area (Å²) in [6.07, 6.45) is -7.40. The number of sulfonamides is 1. The number of hydrogen-bond donors (Lipinski definition) is 1. The Bertz CT molecular complexity index is 1310. The van der Waals surface area contributed by atoms with Crippen LogP contribution in [-0.4, -0.2) is 45.8 Å². The van der Waals surface area contributed by atoms with E-state index in [0.717, 1.165) is 11.4 Å². The van der Waals surface area contributed by atoms with Gasteiger partial charge in [-0.1, -0.05) is 0 Å². The van der Waals surface area contributed by atoms with Gasteiger partial charge in [0.15, 0.2) is 0 Å². The molecule has 2 aromatic rings. The second-order valence-corrected chi connectivity index (χ2v) is 10.9. The molecule has 2 aromatic carbocycles. The van der Waals surface area contributed by atoms with Crippen molar-refractivity contribution in [3.05, 3.63) is 47.8 Å². The van der Waals surface area contributed by atoms with Gasteiger partial charge >= 0.3 is 18.2 Å². The maximum atomic E-state index is 13.8. The third-order valence-electron chi connectivity index (χ3n) is 4.99. The Kier molecular flexibility index (Phi) is 7.63. The first-order chi connectivity index (χ1) is 17.0. The van der Waals surface area contributed by atoms with E-state index in [1.807, 2.05) is 0 Å². The molecule has 0 aliphatic carbocycles. The quantitative estimate of drug-likeness (QED) is 0.426. The highest BCUT2D eigenvalue weighted by atomic mass is 32.2. The smallest absolute Gasteiger partial charge is 0.419 e. The van der Waals surface area contributed by atoms with Crippen molar-refractivity contribution in [2.45, 2.75) is 50.0 Å². The number of nitrogens with one attached hydrogen (secondary N) is 1. The van der Waals surface area contributed by atoms with Crippen LogP contribution in [0.3, 0.4) is 0 Å². The highest BCUT2D eigenvalue weighted by molar-refractivity contribution is 7.92. The van der Waals surface area contributed by atoms with Gasteiger partial charge in [-0.3, -0.25) is 14.4 Å². The standard InChI is InChI=1S/C23H24F4N2O7S/c1-22(2,3)36-21(31)28-13-5-8-19-18(9-13)29(12-14(35-19)10-20(30)34-4)37(32,33)15-6-7-17(24)16(11-15)23(25,26)27/h5-9,11,14H,10,12H2,1-4H3,(H,28,31)/t14-/m0/s1. The van der Waals surface area contributed by atoms with Crippen molar-refractivity contribution in [3.63, 3.8) is 0 Å². The van der Waals surface area contributed by atoms with Crippen molar-refractivity contribution in [1.29, 1.82) is 0 Å². The van der Waals surface area contributed by atoms with Crippen LogP contribution in [0, 0.1) is 5.82 Å². The maximum Gasteiger partial charge on any atom is 0.419 e. The number of alkyl halides is 3. The molecule has 37 heavy (non-hydrogen) atoms. The van der Waals surface area contributed by atoms with Crippen molar-refractivity contribution >= 4 is 33.5 Å². The number of anilines is 2. The van der Waals surface area contributed by atoms with E-state index in [2.05, 4.69) is 10.1 Å². The summed E-state index contributed by atoms with van der Waals surface area (Å²) >= 11 is 0. The van der Waals surface area contributed by atoms with Crippen LogP contribution in [0.5, 0.6) is 5.75 Å². The van der Waals surface area contributed by atoms with Crippen molar-refractivity contribution in [3.8, 4) is 5.75 Å². The van der Waals surface area contributed by atoms with Crippen LogP contribution in [0.25, 0.3) is 0 Å². The molecule has 1 aliphatic heterocycles. The minimum Gasteiger partial charge on any atom is -0.486 e. The van der Waals surface area contributed by atoms with Gasteiger partial charge in [-0.2, -0.15) is 13.2 Å². The first kappa shape index (κ1) is 28.0. The van der Waals surface area contributed by atoms with Gasteiger partial charge in [-0.15, -0.1) is 0 Å². The monoisotopic (exact) mass is 548 g/mol. The number of methoxy groups -OCH3 is 1. The number of esters is 1. The topological polar surface area (TPSA) is 111 Å². The average Bonchev–Trinajstić information content (AvgIpc) is 2.76. The largest absolute Gasteiger partial charge is 0.486 e. The molecule has 0 saturated carbocycles. The molecule has 0 saturated heterocycles. The number of hydrogen-bond acceptors (Lipinski definition) is 7. The summed E-state index contributed by atoms with van der Waals surface area (Å²) in [4.78, 5) is 23.1. The lowest BCUT2D eigenvalue weighted by Crippen LogP contribution is -2.44. The van der Waals surface area contributed by atoms with Crippen molar-refractivity contribution in [2.75, 3.05) is 23.3 Å². The van der Waals surface area contributed by atoms with Crippen LogP contribution in [0.4, 0.5) is 33.7 Å². The Morgan fingerprint density at radius 1 is 1.14 bits per heavy atom. The molecule has 1 atom stereocenters. The molecule has 9 nitrogen and oxygen atoms in total. The zero-order chi connectivity index (χ0) is 27.8. The minimum absolute atomic E-state index is 0.0309. The fourth-order valence-corrected chi connectivity index (χ4v) is 4.95. The van der Waals surface area contributed by atoms with Gasteiger partial charge in [0, 0.05) is 5.69 Å². The Morgan fingerprint density at radius 2 is 1.81 bits per heavy atom. The lowest BCUT2D eigenvalue weighted by atomic mass is 10.1. The molecule has 1 aliphatic rings. The zero-order valence-electron chi connectivity index (χ0n) is 20.2. The van der Waals surface area contributed by atoms with E-state index in [1.165, 1.54) is 18.2 Å². The third kappa shape index (κ3) is 6.61. The number of nitrogens with zero attached hydrogens (tertiary/aromatic N) is 1. The number of halogens is 4. The molecule has 0 aromatic heterocycles. The van der Waals surface area contributed by atoms with Gasteiger partial charge < -0.3 is 14.2 Å². The summed E-state index contributed by atoms with van der Waals surface area (Å²) in [7, 11) is -3.61. The Hall–Kier alpha value is -3.55. The Morgan fingerprint density at radius 3 is 2.41 bits per heavy atom. The summed E-state index contributed by atoms with van der Waals surface area (Å²) in [5, 5.41) is 2.44. The van der Waals surface area contributed by atoms with Gasteiger partial charge in [0.25, 0.3) is 10.0 Å². The van der Waals surface area contributed by atoms with Gasteiger partial charge in [0.05, 0.1) is 36.2 Å². The molecule has 0 spiro atoms. The van der Waals surface area contributed by atoms with Gasteiger partial charge in [-0.05, 0) is 57.2 Å². The molecule has 0 bridgehead atoms. The number of amides is 1. The molecule has 0 fully saturated rings. The molecule has 202 valence electrons. The molecule has 14 heteroatoms. The second kappa shape index (κ2) is 10.1. The molecule has 1 N–H and O–H groups in total. The third-order valence-corrected chi connectivity index (χ3v) is 6.76.